The number of hydrogen-bond acceptors (Lipinski definition) is 4. The van der Waals surface area contributed by atoms with E-state index in [9.17, 15) is 4.79 Å². The van der Waals surface area contributed by atoms with Crippen molar-refractivity contribution < 1.29 is 14.4 Å². The molecule has 0 aromatic carbocycles. The molecule has 1 aliphatic carbocycles. The molecule has 0 amide bonds. The first kappa shape index (κ1) is 10.8. The second-order valence-electron chi connectivity index (χ2n) is 3.23. The summed E-state index contributed by atoms with van der Waals surface area (Å²) in [5.41, 5.74) is 1.79. The van der Waals surface area contributed by atoms with E-state index in [-0.39, 0.29) is 0 Å². The van der Waals surface area contributed by atoms with Gasteiger partial charge in [0.25, 0.3) is 0 Å². The topological polar surface area (TPSA) is 47.9 Å². The van der Waals surface area contributed by atoms with Crippen molar-refractivity contribution in [1.29, 1.82) is 0 Å². The van der Waals surface area contributed by atoms with E-state index in [0.29, 0.717) is 0 Å². The van der Waals surface area contributed by atoms with E-state index in [2.05, 4.69) is 9.99 Å². The van der Waals surface area contributed by atoms with E-state index in [1.807, 2.05) is 6.92 Å². The molecule has 4 heteroatoms. The van der Waals surface area contributed by atoms with E-state index in [1.165, 1.54) is 6.92 Å². The minimum absolute atomic E-state index is 0.394. The molecule has 0 aromatic rings. The number of allylic oxidation sites excluding steroid dienone is 2. The lowest BCUT2D eigenvalue weighted by molar-refractivity contribution is -0.140. The molecule has 78 valence electrons. The molecule has 14 heavy (non-hydrogen) atoms. The molecular weight excluding hydrogens is 182 g/mol. The van der Waals surface area contributed by atoms with E-state index in [4.69, 9.17) is 4.74 Å². The van der Waals surface area contributed by atoms with Gasteiger partial charge in [0.1, 0.15) is 5.76 Å². The first-order valence-electron chi connectivity index (χ1n) is 4.63. The molecule has 0 saturated carbocycles. The van der Waals surface area contributed by atoms with Crippen molar-refractivity contribution in [2.75, 3.05) is 7.11 Å². The summed E-state index contributed by atoms with van der Waals surface area (Å²) in [5, 5.41) is 3.79. The van der Waals surface area contributed by atoms with E-state index in [0.717, 1.165) is 36.3 Å². The highest BCUT2D eigenvalue weighted by molar-refractivity contribution is 6.00. The first-order chi connectivity index (χ1) is 6.65. The van der Waals surface area contributed by atoms with Gasteiger partial charge in [0.15, 0.2) is 0 Å². The largest absolute Gasteiger partial charge is 0.501 e. The fourth-order valence-corrected chi connectivity index (χ4v) is 1.44. The molecule has 0 aromatic heterocycles. The number of carbonyl (C=O) groups excluding carboxylic acids is 1. The highest BCUT2D eigenvalue weighted by Gasteiger charge is 2.16. The third-order valence-corrected chi connectivity index (χ3v) is 2.20. The lowest BCUT2D eigenvalue weighted by Crippen LogP contribution is -2.12. The Morgan fingerprint density at radius 2 is 2.14 bits per heavy atom. The lowest BCUT2D eigenvalue weighted by atomic mass is 9.97. The Morgan fingerprint density at radius 3 is 2.71 bits per heavy atom. The Labute approximate surface area is 83.6 Å². The lowest BCUT2D eigenvalue weighted by Gasteiger charge is -2.17. The van der Waals surface area contributed by atoms with Crippen LogP contribution < -0.4 is 0 Å². The molecular formula is C10H15NO3. The predicted molar refractivity (Wildman–Crippen MR) is 52.8 cm³/mol. The molecule has 0 N–H and O–H groups in total. The first-order valence-corrected chi connectivity index (χ1v) is 4.63. The van der Waals surface area contributed by atoms with Gasteiger partial charge < -0.3 is 9.57 Å². The van der Waals surface area contributed by atoms with E-state index < -0.39 is 5.97 Å². The molecule has 0 radical (unpaired) electrons. The highest BCUT2D eigenvalue weighted by Crippen LogP contribution is 2.22. The number of oxime groups is 1. The summed E-state index contributed by atoms with van der Waals surface area (Å²) in [4.78, 5) is 15.2. The standard InChI is InChI=1S/C10H15NO3/c1-7-9(11-14-8(2)12)5-4-6-10(7)13-3/h4-6H2,1-3H3. The zero-order valence-corrected chi connectivity index (χ0v) is 8.79. The second kappa shape index (κ2) is 4.79. The van der Waals surface area contributed by atoms with Crippen LogP contribution in [-0.4, -0.2) is 18.8 Å². The summed E-state index contributed by atoms with van der Waals surface area (Å²) in [6, 6.07) is 0. The average Bonchev–Trinajstić information content (AvgIpc) is 2.16. The van der Waals surface area contributed by atoms with Crippen molar-refractivity contribution in [1.82, 2.24) is 0 Å². The summed E-state index contributed by atoms with van der Waals surface area (Å²) in [6.07, 6.45) is 2.76. The van der Waals surface area contributed by atoms with Crippen molar-refractivity contribution in [3.63, 3.8) is 0 Å². The maximum atomic E-state index is 10.6. The molecule has 0 bridgehead atoms. The molecule has 0 unspecified atom stereocenters. The fourth-order valence-electron chi connectivity index (χ4n) is 1.44. The Balaban J connectivity index is 2.79. The van der Waals surface area contributed by atoms with Gasteiger partial charge in [-0.2, -0.15) is 0 Å². The van der Waals surface area contributed by atoms with Gasteiger partial charge in [-0.05, 0) is 19.8 Å². The van der Waals surface area contributed by atoms with Crippen molar-refractivity contribution >= 4 is 11.7 Å². The summed E-state index contributed by atoms with van der Waals surface area (Å²) >= 11 is 0. The van der Waals surface area contributed by atoms with E-state index in [1.54, 1.807) is 7.11 Å². The number of methoxy groups -OCH3 is 1. The number of nitrogens with zero attached hydrogens (tertiary/aromatic N) is 1. The SMILES string of the molecule is COC1=C(C)C(=NOC(C)=O)CCC1. The molecule has 1 rings (SSSR count). The van der Waals surface area contributed by atoms with Crippen molar-refractivity contribution in [3.05, 3.63) is 11.3 Å². The van der Waals surface area contributed by atoms with Crippen molar-refractivity contribution in [2.24, 2.45) is 5.16 Å². The predicted octanol–water partition coefficient (Wildman–Crippen LogP) is 2.01. The van der Waals surface area contributed by atoms with Crippen LogP contribution in [0.15, 0.2) is 16.5 Å². The Hall–Kier alpha value is -1.32. The summed E-state index contributed by atoms with van der Waals surface area (Å²) < 4.78 is 5.20. The van der Waals surface area contributed by atoms with Gasteiger partial charge in [-0.3, -0.25) is 0 Å². The van der Waals surface area contributed by atoms with Crippen LogP contribution in [0.4, 0.5) is 0 Å². The van der Waals surface area contributed by atoms with Crippen molar-refractivity contribution in [3.8, 4) is 0 Å². The molecule has 0 saturated heterocycles. The van der Waals surface area contributed by atoms with Crippen LogP contribution in [0, 0.1) is 0 Å². The molecule has 0 heterocycles. The zero-order chi connectivity index (χ0) is 10.6. The molecule has 0 fully saturated rings. The minimum atomic E-state index is -0.394. The van der Waals surface area contributed by atoms with Gasteiger partial charge in [0.05, 0.1) is 12.8 Å². The Bertz CT molecular complexity index is 292. The maximum absolute atomic E-state index is 10.6. The zero-order valence-electron chi connectivity index (χ0n) is 8.79. The number of ether oxygens (including phenoxy) is 1. The Morgan fingerprint density at radius 1 is 1.43 bits per heavy atom. The number of rotatable bonds is 2. The molecule has 1 aliphatic rings. The van der Waals surface area contributed by atoms with Crippen LogP contribution in [0.25, 0.3) is 0 Å². The molecule has 0 spiro atoms. The molecule has 0 aliphatic heterocycles. The highest BCUT2D eigenvalue weighted by atomic mass is 16.7. The van der Waals surface area contributed by atoms with Crippen molar-refractivity contribution in [2.45, 2.75) is 33.1 Å². The van der Waals surface area contributed by atoms with Crippen LogP contribution in [0.3, 0.4) is 0 Å². The Kier molecular flexibility index (Phi) is 3.68. The van der Waals surface area contributed by atoms with Crippen LogP contribution in [-0.2, 0) is 14.4 Å². The number of carbonyl (C=O) groups is 1. The summed E-state index contributed by atoms with van der Waals surface area (Å²) in [7, 11) is 1.65. The van der Waals surface area contributed by atoms with Gasteiger partial charge in [0.2, 0.25) is 0 Å². The van der Waals surface area contributed by atoms with Gasteiger partial charge in [0, 0.05) is 18.9 Å². The smallest absolute Gasteiger partial charge is 0.331 e. The van der Waals surface area contributed by atoms with Crippen LogP contribution >= 0.6 is 0 Å². The third kappa shape index (κ3) is 2.58. The van der Waals surface area contributed by atoms with Gasteiger partial charge in [-0.15, -0.1) is 0 Å². The normalized spacial score (nSPS) is 19.8. The second-order valence-corrected chi connectivity index (χ2v) is 3.23. The van der Waals surface area contributed by atoms with Crippen LogP contribution in [0.2, 0.25) is 0 Å². The van der Waals surface area contributed by atoms with E-state index >= 15 is 0 Å². The molecule has 0 atom stereocenters. The average molecular weight is 197 g/mol. The molecule has 4 nitrogen and oxygen atoms in total. The van der Waals surface area contributed by atoms with Gasteiger partial charge in [-0.1, -0.05) is 5.16 Å². The fraction of sp³-hybridized carbons (Fsp3) is 0.600. The summed E-state index contributed by atoms with van der Waals surface area (Å²) in [5.74, 6) is 0.539. The van der Waals surface area contributed by atoms with Crippen LogP contribution in [0.1, 0.15) is 33.1 Å². The van der Waals surface area contributed by atoms with Gasteiger partial charge >= 0.3 is 5.97 Å². The third-order valence-electron chi connectivity index (χ3n) is 2.20. The number of hydrogen-bond donors (Lipinski definition) is 0. The maximum Gasteiger partial charge on any atom is 0.331 e. The van der Waals surface area contributed by atoms with Crippen LogP contribution in [0.5, 0.6) is 0 Å². The quantitative estimate of drug-likeness (QED) is 0.502. The van der Waals surface area contributed by atoms with Gasteiger partial charge in [-0.25, -0.2) is 4.79 Å². The monoisotopic (exact) mass is 197 g/mol. The minimum Gasteiger partial charge on any atom is -0.501 e. The summed E-state index contributed by atoms with van der Waals surface area (Å²) in [6.45, 7) is 3.27.